The van der Waals surface area contributed by atoms with Crippen LogP contribution in [0.5, 0.6) is 0 Å². The van der Waals surface area contributed by atoms with Gasteiger partial charge >= 0.3 is 0 Å². The molecular weight excluding hydrogens is 208 g/mol. The largest absolute Gasteiger partial charge is 0.396 e. The zero-order valence-corrected chi connectivity index (χ0v) is 9.39. The van der Waals surface area contributed by atoms with Crippen molar-refractivity contribution in [3.05, 3.63) is 0 Å². The number of carbonyl (C=O) groups is 2. The SMILES string of the molecule is O=C1C2CCCCN2C(=O)CN1CCCO. The third kappa shape index (κ3) is 2.04. The minimum absolute atomic E-state index is 0.0576. The van der Waals surface area contributed by atoms with Gasteiger partial charge in [-0.25, -0.2) is 0 Å². The van der Waals surface area contributed by atoms with Gasteiger partial charge in [0.25, 0.3) is 0 Å². The number of nitrogens with zero attached hydrogens (tertiary/aromatic N) is 2. The molecule has 90 valence electrons. The van der Waals surface area contributed by atoms with E-state index in [2.05, 4.69) is 0 Å². The second kappa shape index (κ2) is 4.82. The topological polar surface area (TPSA) is 60.9 Å². The van der Waals surface area contributed by atoms with Gasteiger partial charge in [0.05, 0.1) is 6.54 Å². The number of piperazine rings is 1. The van der Waals surface area contributed by atoms with Gasteiger partial charge in [-0.1, -0.05) is 0 Å². The van der Waals surface area contributed by atoms with Crippen LogP contribution in [0.2, 0.25) is 0 Å². The molecule has 2 heterocycles. The van der Waals surface area contributed by atoms with Crippen LogP contribution in [0.1, 0.15) is 25.7 Å². The first-order valence-electron chi connectivity index (χ1n) is 5.93. The normalized spacial score (nSPS) is 25.9. The lowest BCUT2D eigenvalue weighted by Gasteiger charge is -2.42. The van der Waals surface area contributed by atoms with Crippen molar-refractivity contribution < 1.29 is 14.7 Å². The Kier molecular flexibility index (Phi) is 3.43. The highest BCUT2D eigenvalue weighted by Crippen LogP contribution is 2.22. The van der Waals surface area contributed by atoms with Crippen molar-refractivity contribution in [2.24, 2.45) is 0 Å². The molecule has 0 spiro atoms. The number of fused-ring (bicyclic) bond motifs is 1. The molecule has 2 fully saturated rings. The Morgan fingerprint density at radius 3 is 2.88 bits per heavy atom. The molecule has 0 aromatic rings. The third-order valence-corrected chi connectivity index (χ3v) is 3.33. The van der Waals surface area contributed by atoms with E-state index >= 15 is 0 Å². The summed E-state index contributed by atoms with van der Waals surface area (Å²) in [6, 6.07) is -0.228. The molecule has 1 N–H and O–H groups in total. The Balaban J connectivity index is 2.04. The number of amides is 2. The summed E-state index contributed by atoms with van der Waals surface area (Å²) < 4.78 is 0. The van der Waals surface area contributed by atoms with E-state index in [1.165, 1.54) is 0 Å². The number of carbonyl (C=O) groups excluding carboxylic acids is 2. The van der Waals surface area contributed by atoms with Crippen LogP contribution in [0, 0.1) is 0 Å². The van der Waals surface area contributed by atoms with Gasteiger partial charge in [0.1, 0.15) is 6.04 Å². The van der Waals surface area contributed by atoms with E-state index in [0.29, 0.717) is 13.0 Å². The molecule has 0 aromatic carbocycles. The number of hydrogen-bond acceptors (Lipinski definition) is 3. The predicted octanol–water partition coefficient (Wildman–Crippen LogP) is -0.408. The van der Waals surface area contributed by atoms with Gasteiger partial charge in [-0.05, 0) is 25.7 Å². The van der Waals surface area contributed by atoms with E-state index in [9.17, 15) is 9.59 Å². The molecule has 1 unspecified atom stereocenters. The van der Waals surface area contributed by atoms with E-state index in [4.69, 9.17) is 5.11 Å². The van der Waals surface area contributed by atoms with Crippen LogP contribution in [0.25, 0.3) is 0 Å². The van der Waals surface area contributed by atoms with E-state index in [-0.39, 0.29) is 31.0 Å². The first kappa shape index (κ1) is 11.4. The Morgan fingerprint density at radius 2 is 2.12 bits per heavy atom. The molecule has 1 atom stereocenters. The van der Waals surface area contributed by atoms with Crippen molar-refractivity contribution in [2.75, 3.05) is 26.2 Å². The lowest BCUT2D eigenvalue weighted by molar-refractivity contribution is -0.157. The summed E-state index contributed by atoms with van der Waals surface area (Å²) in [6.07, 6.45) is 3.37. The summed E-state index contributed by atoms with van der Waals surface area (Å²) in [4.78, 5) is 27.2. The summed E-state index contributed by atoms with van der Waals surface area (Å²) in [5.41, 5.74) is 0. The van der Waals surface area contributed by atoms with Gasteiger partial charge in [0.15, 0.2) is 0 Å². The summed E-state index contributed by atoms with van der Waals surface area (Å²) in [7, 11) is 0. The van der Waals surface area contributed by atoms with Crippen molar-refractivity contribution in [1.82, 2.24) is 9.80 Å². The maximum atomic E-state index is 12.1. The van der Waals surface area contributed by atoms with Gasteiger partial charge in [-0.3, -0.25) is 9.59 Å². The molecule has 2 saturated heterocycles. The highest BCUT2D eigenvalue weighted by Gasteiger charge is 2.39. The van der Waals surface area contributed by atoms with Crippen molar-refractivity contribution >= 4 is 11.8 Å². The first-order chi connectivity index (χ1) is 7.74. The molecular formula is C11H18N2O3. The molecule has 0 bridgehead atoms. The second-order valence-electron chi connectivity index (χ2n) is 4.44. The van der Waals surface area contributed by atoms with Crippen LogP contribution in [-0.2, 0) is 9.59 Å². The van der Waals surface area contributed by atoms with Gasteiger partial charge < -0.3 is 14.9 Å². The van der Waals surface area contributed by atoms with Crippen LogP contribution in [0.3, 0.4) is 0 Å². The first-order valence-corrected chi connectivity index (χ1v) is 5.93. The number of hydrogen-bond donors (Lipinski definition) is 1. The highest BCUT2D eigenvalue weighted by molar-refractivity contribution is 5.95. The fraction of sp³-hybridized carbons (Fsp3) is 0.818. The standard InChI is InChI=1S/C11H18N2O3/c14-7-3-5-12-8-10(15)13-6-2-1-4-9(13)11(12)16/h9,14H,1-8H2. The van der Waals surface area contributed by atoms with Gasteiger partial charge in [-0.15, -0.1) is 0 Å². The molecule has 5 nitrogen and oxygen atoms in total. The predicted molar refractivity (Wildman–Crippen MR) is 57.6 cm³/mol. The smallest absolute Gasteiger partial charge is 0.245 e. The van der Waals surface area contributed by atoms with E-state index in [0.717, 1.165) is 25.8 Å². The number of rotatable bonds is 3. The summed E-state index contributed by atoms with van der Waals surface area (Å²) in [5, 5.41) is 8.75. The maximum absolute atomic E-state index is 12.1. The van der Waals surface area contributed by atoms with Crippen molar-refractivity contribution in [3.63, 3.8) is 0 Å². The molecule has 2 aliphatic rings. The van der Waals surface area contributed by atoms with Gasteiger partial charge in [-0.2, -0.15) is 0 Å². The van der Waals surface area contributed by atoms with Crippen molar-refractivity contribution in [1.29, 1.82) is 0 Å². The molecule has 2 rings (SSSR count). The number of aliphatic hydroxyl groups is 1. The zero-order valence-electron chi connectivity index (χ0n) is 9.39. The van der Waals surface area contributed by atoms with Crippen LogP contribution < -0.4 is 0 Å². The average Bonchev–Trinajstić information content (AvgIpc) is 2.32. The average molecular weight is 226 g/mol. The molecule has 0 aromatic heterocycles. The van der Waals surface area contributed by atoms with E-state index in [1.807, 2.05) is 0 Å². The summed E-state index contributed by atoms with van der Waals surface area (Å²) >= 11 is 0. The maximum Gasteiger partial charge on any atom is 0.245 e. The molecule has 5 heteroatoms. The quantitative estimate of drug-likeness (QED) is 0.712. The van der Waals surface area contributed by atoms with Gasteiger partial charge in [0.2, 0.25) is 11.8 Å². The molecule has 2 amide bonds. The Bertz CT molecular complexity index is 293. The Hall–Kier alpha value is -1.10. The summed E-state index contributed by atoms with van der Waals surface area (Å²) in [6.45, 7) is 1.47. The lowest BCUT2D eigenvalue weighted by Crippen LogP contribution is -2.61. The van der Waals surface area contributed by atoms with Gasteiger partial charge in [0, 0.05) is 19.7 Å². The molecule has 0 aliphatic carbocycles. The summed E-state index contributed by atoms with van der Waals surface area (Å²) in [5.74, 6) is 0.120. The van der Waals surface area contributed by atoms with E-state index < -0.39 is 0 Å². The molecule has 0 saturated carbocycles. The van der Waals surface area contributed by atoms with Crippen LogP contribution in [0.4, 0.5) is 0 Å². The molecule has 0 radical (unpaired) electrons. The minimum Gasteiger partial charge on any atom is -0.396 e. The van der Waals surface area contributed by atoms with Crippen molar-refractivity contribution in [2.45, 2.75) is 31.7 Å². The number of piperidine rings is 1. The minimum atomic E-state index is -0.228. The van der Waals surface area contributed by atoms with Crippen molar-refractivity contribution in [3.8, 4) is 0 Å². The highest BCUT2D eigenvalue weighted by atomic mass is 16.3. The zero-order chi connectivity index (χ0) is 11.5. The lowest BCUT2D eigenvalue weighted by atomic mass is 9.98. The fourth-order valence-corrected chi connectivity index (χ4v) is 2.48. The monoisotopic (exact) mass is 226 g/mol. The Morgan fingerprint density at radius 1 is 1.31 bits per heavy atom. The molecule has 2 aliphatic heterocycles. The molecule has 16 heavy (non-hydrogen) atoms. The Labute approximate surface area is 95.0 Å². The van der Waals surface area contributed by atoms with Crippen LogP contribution in [0.15, 0.2) is 0 Å². The van der Waals surface area contributed by atoms with Crippen LogP contribution in [-0.4, -0.2) is 59.0 Å². The second-order valence-corrected chi connectivity index (χ2v) is 4.44. The van der Waals surface area contributed by atoms with Crippen LogP contribution >= 0.6 is 0 Å². The van der Waals surface area contributed by atoms with E-state index in [1.54, 1.807) is 9.80 Å². The fourth-order valence-electron chi connectivity index (χ4n) is 2.48. The number of aliphatic hydroxyl groups excluding tert-OH is 1. The third-order valence-electron chi connectivity index (χ3n) is 3.33.